The Balaban J connectivity index is 1.59. The Morgan fingerprint density at radius 2 is 1.46 bits per heavy atom. The van der Waals surface area contributed by atoms with E-state index >= 15 is 0 Å². The van der Waals surface area contributed by atoms with E-state index in [1.54, 1.807) is 0 Å². The van der Waals surface area contributed by atoms with Crippen molar-refractivity contribution in [3.8, 4) is 11.1 Å². The highest BCUT2D eigenvalue weighted by Crippen LogP contribution is 2.37. The maximum Gasteiger partial charge on any atom is 0.0928 e. The summed E-state index contributed by atoms with van der Waals surface area (Å²) in [5, 5.41) is 0.771. The summed E-state index contributed by atoms with van der Waals surface area (Å²) in [7, 11) is 0. The molecule has 0 unspecified atom stereocenters. The molecule has 0 amide bonds. The fraction of sp³-hybridized carbons (Fsp3) is 0.364. The molecular weight excluding hydrogens is 319 g/mol. The van der Waals surface area contributed by atoms with Gasteiger partial charge in [-0.25, -0.2) is 0 Å². The van der Waals surface area contributed by atoms with E-state index in [1.807, 2.05) is 18.2 Å². The number of rotatable bonds is 5. The molecule has 0 radical (unpaired) electrons. The average molecular weight is 343 g/mol. The number of benzene rings is 2. The molecule has 1 saturated carbocycles. The Morgan fingerprint density at radius 1 is 0.875 bits per heavy atom. The van der Waals surface area contributed by atoms with E-state index in [4.69, 9.17) is 11.6 Å². The van der Waals surface area contributed by atoms with Crippen LogP contribution in [0.5, 0.6) is 0 Å². The summed E-state index contributed by atoms with van der Waals surface area (Å²) in [5.74, 6) is 1.30. The first-order chi connectivity index (χ1) is 11.8. The van der Waals surface area contributed by atoms with Crippen LogP contribution in [0.1, 0.15) is 43.6 Å². The lowest BCUT2D eigenvalue weighted by Crippen LogP contribution is -2.11. The van der Waals surface area contributed by atoms with E-state index in [9.17, 15) is 4.39 Å². The van der Waals surface area contributed by atoms with Gasteiger partial charge in [0.05, 0.1) is 6.67 Å². The maximum atomic E-state index is 12.1. The molecular formula is C22H24ClF. The van der Waals surface area contributed by atoms with Crippen LogP contribution < -0.4 is 0 Å². The molecule has 1 fully saturated rings. The molecule has 2 aromatic carbocycles. The Bertz CT molecular complexity index is 649. The van der Waals surface area contributed by atoms with Gasteiger partial charge in [-0.3, -0.25) is 4.39 Å². The Kier molecular flexibility index (Phi) is 6.09. The van der Waals surface area contributed by atoms with Crippen LogP contribution in [0.25, 0.3) is 11.1 Å². The molecule has 0 saturated heterocycles. The molecule has 0 nitrogen and oxygen atoms in total. The fourth-order valence-corrected chi connectivity index (χ4v) is 3.71. The normalized spacial score (nSPS) is 21.2. The van der Waals surface area contributed by atoms with Crippen LogP contribution in [0.15, 0.2) is 60.7 Å². The summed E-state index contributed by atoms with van der Waals surface area (Å²) >= 11 is 5.95. The number of halogens is 2. The summed E-state index contributed by atoms with van der Waals surface area (Å²) in [6.07, 6.45) is 9.67. The summed E-state index contributed by atoms with van der Waals surface area (Å²) in [4.78, 5) is 0. The average Bonchev–Trinajstić information content (AvgIpc) is 2.63. The van der Waals surface area contributed by atoms with E-state index in [-0.39, 0.29) is 6.67 Å². The van der Waals surface area contributed by atoms with Crippen LogP contribution in [0, 0.1) is 5.92 Å². The van der Waals surface area contributed by atoms with Gasteiger partial charge in [0.25, 0.3) is 0 Å². The van der Waals surface area contributed by atoms with Crippen molar-refractivity contribution in [2.75, 3.05) is 6.67 Å². The zero-order valence-corrected chi connectivity index (χ0v) is 14.7. The van der Waals surface area contributed by atoms with Gasteiger partial charge < -0.3 is 0 Å². The molecule has 0 aromatic heterocycles. The predicted molar refractivity (Wildman–Crippen MR) is 101 cm³/mol. The molecule has 126 valence electrons. The quantitative estimate of drug-likeness (QED) is 0.504. The Morgan fingerprint density at radius 3 is 2.04 bits per heavy atom. The lowest BCUT2D eigenvalue weighted by molar-refractivity contribution is 0.375. The van der Waals surface area contributed by atoms with Crippen molar-refractivity contribution in [3.63, 3.8) is 0 Å². The first-order valence-corrected chi connectivity index (χ1v) is 9.22. The van der Waals surface area contributed by atoms with Crippen molar-refractivity contribution in [1.82, 2.24) is 0 Å². The number of allylic oxidation sites excluding steroid dienone is 2. The largest absolute Gasteiger partial charge is 0.251 e. The van der Waals surface area contributed by atoms with Crippen molar-refractivity contribution < 1.29 is 4.39 Å². The van der Waals surface area contributed by atoms with Gasteiger partial charge >= 0.3 is 0 Å². The number of hydrogen-bond donors (Lipinski definition) is 0. The second-order valence-electron chi connectivity index (χ2n) is 6.65. The summed E-state index contributed by atoms with van der Waals surface area (Å²) < 4.78 is 12.1. The van der Waals surface area contributed by atoms with Crippen molar-refractivity contribution in [2.45, 2.75) is 38.0 Å². The highest BCUT2D eigenvalue weighted by Gasteiger charge is 2.20. The lowest BCUT2D eigenvalue weighted by Gasteiger charge is -2.27. The van der Waals surface area contributed by atoms with Crippen LogP contribution >= 0.6 is 11.6 Å². The third kappa shape index (κ3) is 4.48. The van der Waals surface area contributed by atoms with Gasteiger partial charge in [-0.05, 0) is 72.8 Å². The first kappa shape index (κ1) is 17.2. The van der Waals surface area contributed by atoms with Gasteiger partial charge in [-0.15, -0.1) is 0 Å². The molecule has 0 atom stereocenters. The Hall–Kier alpha value is -1.60. The van der Waals surface area contributed by atoms with Crippen LogP contribution in [-0.2, 0) is 0 Å². The van der Waals surface area contributed by atoms with E-state index in [1.165, 1.54) is 42.4 Å². The molecule has 0 aliphatic heterocycles. The highest BCUT2D eigenvalue weighted by molar-refractivity contribution is 6.30. The fourth-order valence-electron chi connectivity index (χ4n) is 3.59. The van der Waals surface area contributed by atoms with Crippen molar-refractivity contribution in [3.05, 3.63) is 71.3 Å². The van der Waals surface area contributed by atoms with Crippen LogP contribution in [0.2, 0.25) is 5.02 Å². The summed E-state index contributed by atoms with van der Waals surface area (Å²) in [5.41, 5.74) is 3.88. The maximum absolute atomic E-state index is 12.1. The van der Waals surface area contributed by atoms with Gasteiger partial charge in [0.15, 0.2) is 0 Å². The third-order valence-electron chi connectivity index (χ3n) is 5.02. The number of hydrogen-bond acceptors (Lipinski definition) is 0. The van der Waals surface area contributed by atoms with Crippen molar-refractivity contribution >= 4 is 11.6 Å². The SMILES string of the molecule is FCC/C=C/C1CCC(c2ccc(-c3ccc(Cl)cc3)cc2)CC1. The minimum absolute atomic E-state index is 0.244. The van der Waals surface area contributed by atoms with Crippen molar-refractivity contribution in [1.29, 1.82) is 0 Å². The predicted octanol–water partition coefficient (Wildman–Crippen LogP) is 7.20. The van der Waals surface area contributed by atoms with E-state index in [2.05, 4.69) is 42.5 Å². The van der Waals surface area contributed by atoms with E-state index in [0.29, 0.717) is 18.3 Å². The van der Waals surface area contributed by atoms with Gasteiger partial charge in [-0.1, -0.05) is 60.2 Å². The lowest BCUT2D eigenvalue weighted by atomic mass is 9.78. The molecule has 2 aromatic rings. The van der Waals surface area contributed by atoms with Gasteiger partial charge in [0.1, 0.15) is 0 Å². The smallest absolute Gasteiger partial charge is 0.0928 e. The highest BCUT2D eigenvalue weighted by atomic mass is 35.5. The molecule has 1 aliphatic carbocycles. The molecule has 0 spiro atoms. The minimum Gasteiger partial charge on any atom is -0.251 e. The van der Waals surface area contributed by atoms with E-state index in [0.717, 1.165) is 5.02 Å². The van der Waals surface area contributed by atoms with Crippen molar-refractivity contribution in [2.24, 2.45) is 5.92 Å². The molecule has 0 bridgehead atoms. The zero-order chi connectivity index (χ0) is 16.8. The summed E-state index contributed by atoms with van der Waals surface area (Å²) in [6, 6.07) is 17.0. The molecule has 0 N–H and O–H groups in total. The monoisotopic (exact) mass is 342 g/mol. The van der Waals surface area contributed by atoms with Gasteiger partial charge in [0.2, 0.25) is 0 Å². The zero-order valence-electron chi connectivity index (χ0n) is 13.9. The molecule has 24 heavy (non-hydrogen) atoms. The second-order valence-corrected chi connectivity index (χ2v) is 7.08. The molecule has 2 heteroatoms. The standard InChI is InChI=1S/C22H24ClF/c23-22-14-12-21(13-15-22)20-10-8-19(9-11-20)18-6-4-17(5-7-18)3-1-2-16-24/h1,3,8-15,17-18H,2,4-7,16H2/b3-1+. The topological polar surface area (TPSA) is 0 Å². The van der Waals surface area contributed by atoms with Crippen LogP contribution in [0.3, 0.4) is 0 Å². The summed E-state index contributed by atoms with van der Waals surface area (Å²) in [6.45, 7) is -0.244. The minimum atomic E-state index is -0.244. The molecule has 1 aliphatic rings. The molecule has 0 heterocycles. The molecule has 3 rings (SSSR count). The first-order valence-electron chi connectivity index (χ1n) is 8.85. The van der Waals surface area contributed by atoms with Crippen LogP contribution in [0.4, 0.5) is 4.39 Å². The van der Waals surface area contributed by atoms with Gasteiger partial charge in [0, 0.05) is 5.02 Å². The van der Waals surface area contributed by atoms with E-state index < -0.39 is 0 Å². The van der Waals surface area contributed by atoms with Gasteiger partial charge in [-0.2, -0.15) is 0 Å². The number of alkyl halides is 1. The second kappa shape index (κ2) is 8.48. The van der Waals surface area contributed by atoms with Crippen LogP contribution in [-0.4, -0.2) is 6.67 Å². The third-order valence-corrected chi connectivity index (χ3v) is 5.27. The Labute approximate surface area is 149 Å².